The molecule has 1 saturated heterocycles. The van der Waals surface area contributed by atoms with Gasteiger partial charge in [0, 0.05) is 36.4 Å². The minimum Gasteiger partial charge on any atom is -0.494 e. The van der Waals surface area contributed by atoms with Crippen molar-refractivity contribution in [1.29, 1.82) is 0 Å². The van der Waals surface area contributed by atoms with Crippen LogP contribution in [0, 0.1) is 6.92 Å². The second-order valence-electron chi connectivity index (χ2n) is 11.3. The van der Waals surface area contributed by atoms with Gasteiger partial charge in [-0.25, -0.2) is 0 Å². The molecule has 0 aliphatic carbocycles. The molecule has 2 aliphatic heterocycles. The molecule has 34 heavy (non-hydrogen) atoms. The maximum Gasteiger partial charge on any atom is 0.119 e. The van der Waals surface area contributed by atoms with Gasteiger partial charge in [-0.3, -0.25) is 4.90 Å². The van der Waals surface area contributed by atoms with Crippen molar-refractivity contribution in [2.24, 2.45) is 0 Å². The SMILES string of the molecule is Cc1ccc2c(c1Cl)CCC1CN(CCCCCCCOc3ccc(C(C)(C)C)cc3)CCN21. The van der Waals surface area contributed by atoms with Gasteiger partial charge in [-0.05, 0) is 79.5 Å². The summed E-state index contributed by atoms with van der Waals surface area (Å²) in [6, 6.07) is 13.7. The van der Waals surface area contributed by atoms with E-state index in [1.54, 1.807) is 0 Å². The number of ether oxygens (including phenoxy) is 1. The van der Waals surface area contributed by atoms with Crippen molar-refractivity contribution < 1.29 is 4.74 Å². The van der Waals surface area contributed by atoms with E-state index in [2.05, 4.69) is 73.9 Å². The molecule has 1 unspecified atom stereocenters. The Kier molecular flexibility index (Phi) is 8.47. The third-order valence-electron chi connectivity index (χ3n) is 7.62. The number of unbranched alkanes of at least 4 members (excludes halogenated alkanes) is 4. The summed E-state index contributed by atoms with van der Waals surface area (Å²) in [6.07, 6.45) is 8.68. The number of piperazine rings is 1. The lowest BCUT2D eigenvalue weighted by Crippen LogP contribution is -2.55. The van der Waals surface area contributed by atoms with Crippen molar-refractivity contribution in [2.45, 2.75) is 84.1 Å². The molecule has 4 heteroatoms. The molecule has 0 radical (unpaired) electrons. The first-order chi connectivity index (χ1) is 16.3. The topological polar surface area (TPSA) is 15.7 Å². The van der Waals surface area contributed by atoms with Gasteiger partial charge in [-0.1, -0.05) is 69.8 Å². The molecule has 3 nitrogen and oxygen atoms in total. The normalized spacial score (nSPS) is 18.5. The van der Waals surface area contributed by atoms with Gasteiger partial charge in [0.05, 0.1) is 6.61 Å². The third kappa shape index (κ3) is 6.29. The summed E-state index contributed by atoms with van der Waals surface area (Å²) in [6.45, 7) is 14.4. The van der Waals surface area contributed by atoms with Crippen LogP contribution in [-0.4, -0.2) is 43.7 Å². The fourth-order valence-corrected chi connectivity index (χ4v) is 5.70. The molecule has 4 rings (SSSR count). The van der Waals surface area contributed by atoms with E-state index in [1.807, 2.05) is 0 Å². The largest absolute Gasteiger partial charge is 0.494 e. The van der Waals surface area contributed by atoms with Crippen LogP contribution in [0.1, 0.15) is 76.0 Å². The van der Waals surface area contributed by atoms with E-state index in [4.69, 9.17) is 16.3 Å². The van der Waals surface area contributed by atoms with Gasteiger partial charge in [-0.2, -0.15) is 0 Å². The van der Waals surface area contributed by atoms with Gasteiger partial charge < -0.3 is 9.64 Å². The monoisotopic (exact) mass is 482 g/mol. The van der Waals surface area contributed by atoms with Crippen LogP contribution in [0.2, 0.25) is 5.02 Å². The lowest BCUT2D eigenvalue weighted by atomic mass is 9.87. The molecule has 0 amide bonds. The minimum absolute atomic E-state index is 0.196. The number of aryl methyl sites for hydroxylation is 1. The first-order valence-electron chi connectivity index (χ1n) is 13.3. The Bertz CT molecular complexity index is 934. The Morgan fingerprint density at radius 2 is 1.68 bits per heavy atom. The number of halogens is 1. The van der Waals surface area contributed by atoms with E-state index in [0.29, 0.717) is 6.04 Å². The average molecular weight is 483 g/mol. The number of hydrogen-bond acceptors (Lipinski definition) is 3. The standard InChI is InChI=1S/C30H43ClN2O/c1-23-10-17-28-27(29(23)31)16-13-25-22-32(19-20-33(25)28)18-8-6-5-7-9-21-34-26-14-11-24(12-15-26)30(2,3)4/h10-12,14-15,17,25H,5-9,13,16,18-22H2,1-4H3. The highest BCUT2D eigenvalue weighted by atomic mass is 35.5. The van der Waals surface area contributed by atoms with Gasteiger partial charge in [0.15, 0.2) is 0 Å². The Hall–Kier alpha value is -1.71. The smallest absolute Gasteiger partial charge is 0.119 e. The molecule has 1 atom stereocenters. The zero-order valence-electron chi connectivity index (χ0n) is 21.7. The minimum atomic E-state index is 0.196. The summed E-state index contributed by atoms with van der Waals surface area (Å²) in [4.78, 5) is 5.31. The molecule has 2 aromatic rings. The van der Waals surface area contributed by atoms with Gasteiger partial charge in [0.2, 0.25) is 0 Å². The van der Waals surface area contributed by atoms with Crippen LogP contribution < -0.4 is 9.64 Å². The van der Waals surface area contributed by atoms with Crippen molar-refractivity contribution in [2.75, 3.05) is 37.7 Å². The molecule has 0 aromatic heterocycles. The van der Waals surface area contributed by atoms with E-state index in [1.165, 1.54) is 74.1 Å². The van der Waals surface area contributed by atoms with Crippen molar-refractivity contribution in [3.8, 4) is 5.75 Å². The van der Waals surface area contributed by atoms with Gasteiger partial charge in [0.25, 0.3) is 0 Å². The fraction of sp³-hybridized carbons (Fsp3) is 0.600. The van der Waals surface area contributed by atoms with Crippen LogP contribution in [-0.2, 0) is 11.8 Å². The Labute approximate surface area is 212 Å². The number of nitrogens with zero attached hydrogens (tertiary/aromatic N) is 2. The van der Waals surface area contributed by atoms with Gasteiger partial charge in [0.1, 0.15) is 5.75 Å². The molecule has 2 heterocycles. The highest BCUT2D eigenvalue weighted by molar-refractivity contribution is 6.32. The van der Waals surface area contributed by atoms with E-state index in [-0.39, 0.29) is 5.41 Å². The maximum atomic E-state index is 6.61. The van der Waals surface area contributed by atoms with Crippen LogP contribution in [0.4, 0.5) is 5.69 Å². The number of anilines is 1. The zero-order valence-corrected chi connectivity index (χ0v) is 22.5. The molecule has 2 aromatic carbocycles. The average Bonchev–Trinajstić information content (AvgIpc) is 2.82. The Morgan fingerprint density at radius 3 is 2.44 bits per heavy atom. The van der Waals surface area contributed by atoms with E-state index >= 15 is 0 Å². The predicted octanol–water partition coefficient (Wildman–Crippen LogP) is 7.41. The molecular weight excluding hydrogens is 440 g/mol. The fourth-order valence-electron chi connectivity index (χ4n) is 5.44. The Balaban J connectivity index is 1.09. The maximum absolute atomic E-state index is 6.61. The molecular formula is C30H43ClN2O. The predicted molar refractivity (Wildman–Crippen MR) is 146 cm³/mol. The first-order valence-corrected chi connectivity index (χ1v) is 13.7. The number of rotatable bonds is 9. The number of hydrogen-bond donors (Lipinski definition) is 0. The van der Waals surface area contributed by atoms with Crippen LogP contribution in [0.5, 0.6) is 5.75 Å². The van der Waals surface area contributed by atoms with E-state index in [9.17, 15) is 0 Å². The van der Waals surface area contributed by atoms with E-state index < -0.39 is 0 Å². The van der Waals surface area contributed by atoms with Crippen molar-refractivity contribution in [3.05, 3.63) is 58.1 Å². The van der Waals surface area contributed by atoms with Crippen LogP contribution >= 0.6 is 11.6 Å². The molecule has 186 valence electrons. The first kappa shape index (κ1) is 25.4. The number of fused-ring (bicyclic) bond motifs is 3. The zero-order chi connectivity index (χ0) is 24.1. The molecule has 0 saturated carbocycles. The van der Waals surface area contributed by atoms with Crippen LogP contribution in [0.3, 0.4) is 0 Å². The molecule has 1 fully saturated rings. The lowest BCUT2D eigenvalue weighted by molar-refractivity contribution is 0.210. The highest BCUT2D eigenvalue weighted by Crippen LogP contribution is 2.38. The van der Waals surface area contributed by atoms with Crippen molar-refractivity contribution >= 4 is 17.3 Å². The van der Waals surface area contributed by atoms with Crippen molar-refractivity contribution in [3.63, 3.8) is 0 Å². The summed E-state index contributed by atoms with van der Waals surface area (Å²) >= 11 is 6.61. The summed E-state index contributed by atoms with van der Waals surface area (Å²) in [5.74, 6) is 0.995. The number of benzene rings is 2. The summed E-state index contributed by atoms with van der Waals surface area (Å²) in [5.41, 5.74) is 5.52. The van der Waals surface area contributed by atoms with Crippen LogP contribution in [0.25, 0.3) is 0 Å². The molecule has 0 spiro atoms. The second-order valence-corrected chi connectivity index (χ2v) is 11.6. The lowest BCUT2D eigenvalue weighted by Gasteiger charge is -2.46. The van der Waals surface area contributed by atoms with Gasteiger partial charge >= 0.3 is 0 Å². The van der Waals surface area contributed by atoms with Crippen LogP contribution in [0.15, 0.2) is 36.4 Å². The summed E-state index contributed by atoms with van der Waals surface area (Å²) < 4.78 is 5.94. The van der Waals surface area contributed by atoms with Crippen molar-refractivity contribution in [1.82, 2.24) is 4.90 Å². The molecule has 2 aliphatic rings. The van der Waals surface area contributed by atoms with Gasteiger partial charge in [-0.15, -0.1) is 0 Å². The molecule has 0 bridgehead atoms. The Morgan fingerprint density at radius 1 is 0.941 bits per heavy atom. The highest BCUT2D eigenvalue weighted by Gasteiger charge is 2.32. The van der Waals surface area contributed by atoms with E-state index in [0.717, 1.165) is 36.8 Å². The third-order valence-corrected chi connectivity index (χ3v) is 8.15. The second kappa shape index (κ2) is 11.4. The molecule has 0 N–H and O–H groups in total. The quantitative estimate of drug-likeness (QED) is 0.346. The summed E-state index contributed by atoms with van der Waals surface area (Å²) in [7, 11) is 0. The summed E-state index contributed by atoms with van der Waals surface area (Å²) in [5, 5.41) is 0.988.